The van der Waals surface area contributed by atoms with Crippen LogP contribution in [0.3, 0.4) is 0 Å². The second kappa shape index (κ2) is 2.98. The Bertz CT molecular complexity index is 258. The first-order valence-corrected chi connectivity index (χ1v) is 6.17. The predicted octanol–water partition coefficient (Wildman–Crippen LogP) is 3.95. The van der Waals surface area contributed by atoms with E-state index in [9.17, 15) is 0 Å². The maximum atomic E-state index is 4.28. The summed E-state index contributed by atoms with van der Waals surface area (Å²) in [6.45, 7) is 8.56. The number of hydrogen-bond acceptors (Lipinski definition) is 0. The molecule has 0 aliphatic heterocycles. The van der Waals surface area contributed by atoms with Crippen LogP contribution >= 0.6 is 0 Å². The summed E-state index contributed by atoms with van der Waals surface area (Å²) < 4.78 is 0. The average molecular weight is 188 g/mol. The maximum Gasteiger partial charge on any atom is -0.0128 e. The zero-order chi connectivity index (χ0) is 9.71. The van der Waals surface area contributed by atoms with Crippen LogP contribution < -0.4 is 0 Å². The monoisotopic (exact) mass is 188 g/mol. The molecule has 14 heavy (non-hydrogen) atoms. The Morgan fingerprint density at radius 1 is 0.786 bits per heavy atom. The van der Waals surface area contributed by atoms with Crippen LogP contribution in [0, 0.1) is 23.7 Å². The topological polar surface area (TPSA) is 0 Å². The van der Waals surface area contributed by atoms with Crippen LogP contribution in [0.15, 0.2) is 24.3 Å². The molecule has 0 aromatic heterocycles. The smallest absolute Gasteiger partial charge is 0.0128 e. The first-order valence-electron chi connectivity index (χ1n) is 6.17. The molecular formula is C14H20. The molecule has 0 heteroatoms. The van der Waals surface area contributed by atoms with Crippen molar-refractivity contribution in [1.29, 1.82) is 0 Å². The molecule has 3 fully saturated rings. The molecule has 0 aromatic rings. The van der Waals surface area contributed by atoms with Gasteiger partial charge in [-0.25, -0.2) is 0 Å². The summed E-state index contributed by atoms with van der Waals surface area (Å²) in [4.78, 5) is 0. The zero-order valence-electron chi connectivity index (χ0n) is 8.97. The van der Waals surface area contributed by atoms with Crippen molar-refractivity contribution >= 4 is 0 Å². The molecule has 0 amide bonds. The minimum atomic E-state index is 0.826. The molecule has 3 saturated carbocycles. The molecule has 3 aliphatic rings. The summed E-state index contributed by atoms with van der Waals surface area (Å²) in [5, 5.41) is 0. The molecule has 0 spiro atoms. The summed E-state index contributed by atoms with van der Waals surface area (Å²) in [5.74, 6) is 3.62. The fraction of sp³-hybridized carbons (Fsp3) is 0.714. The Hall–Kier alpha value is -0.520. The lowest BCUT2D eigenvalue weighted by Gasteiger charge is -2.40. The molecular weight excluding hydrogens is 168 g/mol. The maximum absolute atomic E-state index is 4.28. The highest BCUT2D eigenvalue weighted by molar-refractivity contribution is 5.38. The number of allylic oxidation sites excluding steroid dienone is 2. The van der Waals surface area contributed by atoms with Gasteiger partial charge in [0.1, 0.15) is 0 Å². The zero-order valence-corrected chi connectivity index (χ0v) is 8.97. The van der Waals surface area contributed by atoms with Crippen molar-refractivity contribution in [2.75, 3.05) is 0 Å². The van der Waals surface area contributed by atoms with Gasteiger partial charge < -0.3 is 0 Å². The van der Waals surface area contributed by atoms with Crippen LogP contribution in [0.5, 0.6) is 0 Å². The summed E-state index contributed by atoms with van der Waals surface area (Å²) in [6.07, 6.45) is 8.64. The molecule has 0 nitrogen and oxygen atoms in total. The number of hydrogen-bond donors (Lipinski definition) is 0. The van der Waals surface area contributed by atoms with Crippen LogP contribution in [0.1, 0.15) is 38.5 Å². The minimum absolute atomic E-state index is 0.826. The highest BCUT2D eigenvalue weighted by Crippen LogP contribution is 2.57. The van der Waals surface area contributed by atoms with Crippen molar-refractivity contribution in [2.45, 2.75) is 38.5 Å². The van der Waals surface area contributed by atoms with E-state index in [0.29, 0.717) is 0 Å². The molecule has 2 unspecified atom stereocenters. The summed E-state index contributed by atoms with van der Waals surface area (Å²) in [7, 11) is 0. The van der Waals surface area contributed by atoms with Crippen LogP contribution in [0.25, 0.3) is 0 Å². The van der Waals surface area contributed by atoms with Crippen LogP contribution in [0.4, 0.5) is 0 Å². The van der Waals surface area contributed by atoms with Crippen molar-refractivity contribution in [3.8, 4) is 0 Å². The van der Waals surface area contributed by atoms with E-state index in [2.05, 4.69) is 13.2 Å². The van der Waals surface area contributed by atoms with E-state index >= 15 is 0 Å². The predicted molar refractivity (Wildman–Crippen MR) is 59.9 cm³/mol. The lowest BCUT2D eigenvalue weighted by atomic mass is 9.64. The van der Waals surface area contributed by atoms with Gasteiger partial charge in [-0.2, -0.15) is 0 Å². The van der Waals surface area contributed by atoms with E-state index in [4.69, 9.17) is 0 Å². The summed E-state index contributed by atoms with van der Waals surface area (Å²) in [6, 6.07) is 0. The summed E-state index contributed by atoms with van der Waals surface area (Å²) >= 11 is 0. The third-order valence-electron chi connectivity index (χ3n) is 4.96. The third-order valence-corrected chi connectivity index (χ3v) is 4.96. The Kier molecular flexibility index (Phi) is 1.87. The Labute approximate surface area is 87.1 Å². The van der Waals surface area contributed by atoms with Gasteiger partial charge in [-0.15, -0.1) is 0 Å². The lowest BCUT2D eigenvalue weighted by Crippen LogP contribution is -2.32. The Balaban J connectivity index is 1.98. The highest BCUT2D eigenvalue weighted by atomic mass is 14.5. The van der Waals surface area contributed by atoms with Gasteiger partial charge >= 0.3 is 0 Å². The Morgan fingerprint density at radius 2 is 1.29 bits per heavy atom. The Morgan fingerprint density at radius 3 is 1.79 bits per heavy atom. The molecule has 0 aromatic carbocycles. The van der Waals surface area contributed by atoms with Crippen molar-refractivity contribution in [3.63, 3.8) is 0 Å². The fourth-order valence-electron chi connectivity index (χ4n) is 4.34. The SMILES string of the molecule is C=C1C(=C)C2CCCC3CCCC1C32. The quantitative estimate of drug-likeness (QED) is 0.540. The van der Waals surface area contributed by atoms with E-state index in [1.807, 2.05) is 0 Å². The minimum Gasteiger partial charge on any atom is -0.0953 e. The first kappa shape index (κ1) is 8.76. The van der Waals surface area contributed by atoms with Crippen molar-refractivity contribution in [3.05, 3.63) is 24.3 Å². The van der Waals surface area contributed by atoms with Crippen molar-refractivity contribution in [2.24, 2.45) is 23.7 Å². The van der Waals surface area contributed by atoms with E-state index in [1.165, 1.54) is 49.7 Å². The van der Waals surface area contributed by atoms with E-state index in [1.54, 1.807) is 0 Å². The highest BCUT2D eigenvalue weighted by Gasteiger charge is 2.48. The van der Waals surface area contributed by atoms with Gasteiger partial charge in [0.2, 0.25) is 0 Å². The van der Waals surface area contributed by atoms with Gasteiger partial charge in [-0.05, 0) is 47.7 Å². The van der Waals surface area contributed by atoms with Gasteiger partial charge in [-0.1, -0.05) is 38.8 Å². The molecule has 0 radical (unpaired) electrons. The molecule has 2 atom stereocenters. The molecule has 76 valence electrons. The van der Waals surface area contributed by atoms with Gasteiger partial charge in [-0.3, -0.25) is 0 Å². The van der Waals surface area contributed by atoms with E-state index < -0.39 is 0 Å². The molecule has 3 rings (SSSR count). The summed E-state index contributed by atoms with van der Waals surface area (Å²) in [5.41, 5.74) is 2.85. The molecule has 0 saturated heterocycles. The normalized spacial score (nSPS) is 46.6. The third kappa shape index (κ3) is 1.00. The second-order valence-corrected chi connectivity index (χ2v) is 5.46. The molecule has 0 heterocycles. The second-order valence-electron chi connectivity index (χ2n) is 5.46. The van der Waals surface area contributed by atoms with E-state index in [0.717, 1.165) is 23.7 Å². The first-order chi connectivity index (χ1) is 6.79. The van der Waals surface area contributed by atoms with Crippen LogP contribution in [-0.2, 0) is 0 Å². The van der Waals surface area contributed by atoms with Gasteiger partial charge in [0.15, 0.2) is 0 Å². The standard InChI is InChI=1S/C14H20/c1-9-10(2)13-8-4-6-11-5-3-7-12(9)14(11)13/h11-14H,1-8H2. The van der Waals surface area contributed by atoms with Crippen LogP contribution in [0.2, 0.25) is 0 Å². The lowest BCUT2D eigenvalue weighted by molar-refractivity contribution is 0.109. The van der Waals surface area contributed by atoms with Gasteiger partial charge in [0.25, 0.3) is 0 Å². The molecule has 0 bridgehead atoms. The van der Waals surface area contributed by atoms with Gasteiger partial charge in [0, 0.05) is 0 Å². The van der Waals surface area contributed by atoms with Crippen molar-refractivity contribution < 1.29 is 0 Å². The number of rotatable bonds is 0. The largest absolute Gasteiger partial charge is 0.0953 e. The van der Waals surface area contributed by atoms with Crippen molar-refractivity contribution in [1.82, 2.24) is 0 Å². The van der Waals surface area contributed by atoms with E-state index in [-0.39, 0.29) is 0 Å². The fourth-order valence-corrected chi connectivity index (χ4v) is 4.34. The molecule has 3 aliphatic carbocycles. The average Bonchev–Trinajstić information content (AvgIpc) is 2.47. The van der Waals surface area contributed by atoms with Crippen LogP contribution in [-0.4, -0.2) is 0 Å². The van der Waals surface area contributed by atoms with Gasteiger partial charge in [0.05, 0.1) is 0 Å². The molecule has 0 N–H and O–H groups in total.